The molecule has 1 N–H and O–H groups in total. The molecule has 0 radical (unpaired) electrons. The van der Waals surface area contributed by atoms with E-state index in [0.29, 0.717) is 32.3 Å². The number of phenols is 1. The molecular formula is C32H17F9O4S. The minimum atomic E-state index is -7.50. The number of aromatic hydroxyl groups is 1. The van der Waals surface area contributed by atoms with Crippen LogP contribution in [0.3, 0.4) is 0 Å². The van der Waals surface area contributed by atoms with Crippen LogP contribution in [0.25, 0.3) is 54.2 Å². The Labute approximate surface area is 253 Å². The first kappa shape index (κ1) is 31.3. The van der Waals surface area contributed by atoms with Crippen molar-refractivity contribution in [2.45, 2.75) is 23.3 Å². The molecule has 46 heavy (non-hydrogen) atoms. The molecule has 6 rings (SSSR count). The zero-order valence-corrected chi connectivity index (χ0v) is 23.5. The van der Waals surface area contributed by atoms with Crippen LogP contribution in [0.4, 0.5) is 39.5 Å². The lowest BCUT2D eigenvalue weighted by Crippen LogP contribution is -2.63. The van der Waals surface area contributed by atoms with Gasteiger partial charge in [-0.15, -0.1) is 0 Å². The van der Waals surface area contributed by atoms with Gasteiger partial charge in [0, 0.05) is 21.9 Å². The molecule has 0 heterocycles. The van der Waals surface area contributed by atoms with Crippen molar-refractivity contribution in [2.75, 3.05) is 0 Å². The molecule has 14 heteroatoms. The van der Waals surface area contributed by atoms with Crippen LogP contribution in [0.15, 0.2) is 97.1 Å². The van der Waals surface area contributed by atoms with E-state index in [0.717, 1.165) is 12.1 Å². The van der Waals surface area contributed by atoms with Gasteiger partial charge in [-0.25, -0.2) is 0 Å². The lowest BCUT2D eigenvalue weighted by atomic mass is 9.88. The highest BCUT2D eigenvalue weighted by Gasteiger charge is 2.86. The fourth-order valence-electron chi connectivity index (χ4n) is 5.42. The second kappa shape index (κ2) is 10.1. The summed E-state index contributed by atoms with van der Waals surface area (Å²) in [4.78, 5) is 0. The van der Waals surface area contributed by atoms with Gasteiger partial charge in [0.1, 0.15) is 5.75 Å². The van der Waals surface area contributed by atoms with Gasteiger partial charge in [0.15, 0.2) is 5.75 Å². The Morgan fingerprint density at radius 3 is 1.48 bits per heavy atom. The standard InChI is InChI=1S/C32H17F9O4S/c33-29(34,31(37,38)39)30(35,36)32(40,41)46(43,44)45-24-16-14-20-12-10-18-6-2-4-8-22(18)26(20)28(24)27-23(42)15-13-19-11-9-17-5-1-3-7-21(17)25(19)27/h1-16,42H. The van der Waals surface area contributed by atoms with E-state index in [1.54, 1.807) is 72.8 Å². The van der Waals surface area contributed by atoms with Crippen molar-refractivity contribution in [3.63, 3.8) is 0 Å². The van der Waals surface area contributed by atoms with Crippen LogP contribution in [0.1, 0.15) is 0 Å². The van der Waals surface area contributed by atoms with Crippen molar-refractivity contribution >= 4 is 53.2 Å². The van der Waals surface area contributed by atoms with Gasteiger partial charge in [-0.3, -0.25) is 0 Å². The van der Waals surface area contributed by atoms with Crippen LogP contribution >= 0.6 is 0 Å². The first-order chi connectivity index (χ1) is 21.4. The molecular weight excluding hydrogens is 651 g/mol. The Kier molecular flexibility index (Phi) is 6.89. The lowest BCUT2D eigenvalue weighted by Gasteiger charge is -2.32. The minimum absolute atomic E-state index is 0.0669. The van der Waals surface area contributed by atoms with E-state index >= 15 is 0 Å². The van der Waals surface area contributed by atoms with E-state index in [1.807, 2.05) is 0 Å². The number of rotatable bonds is 6. The summed E-state index contributed by atoms with van der Waals surface area (Å²) in [5.41, 5.74) is -0.642. The maximum Gasteiger partial charge on any atom is 0.460 e. The van der Waals surface area contributed by atoms with E-state index in [-0.39, 0.29) is 16.3 Å². The van der Waals surface area contributed by atoms with Crippen LogP contribution in [-0.4, -0.2) is 36.8 Å². The van der Waals surface area contributed by atoms with Gasteiger partial charge in [0.05, 0.1) is 0 Å². The number of phenolic OH excluding ortho intramolecular Hbond substituents is 1. The summed E-state index contributed by atoms with van der Waals surface area (Å²) in [6.07, 6.45) is -7.25. The number of alkyl halides is 9. The molecule has 6 aromatic carbocycles. The first-order valence-corrected chi connectivity index (χ1v) is 14.5. The Bertz CT molecular complexity index is 2300. The average molecular weight is 669 g/mol. The Morgan fingerprint density at radius 1 is 0.522 bits per heavy atom. The normalized spacial score (nSPS) is 13.6. The molecule has 238 valence electrons. The van der Waals surface area contributed by atoms with Crippen molar-refractivity contribution < 1.29 is 57.2 Å². The fourth-order valence-corrected chi connectivity index (χ4v) is 6.35. The van der Waals surface area contributed by atoms with Crippen LogP contribution in [0, 0.1) is 0 Å². The fraction of sp³-hybridized carbons (Fsp3) is 0.125. The quantitative estimate of drug-likeness (QED) is 0.109. The minimum Gasteiger partial charge on any atom is -0.507 e. The molecule has 0 atom stereocenters. The second-order valence-corrected chi connectivity index (χ2v) is 12.0. The predicted octanol–water partition coefficient (Wildman–Crippen LogP) is 9.81. The van der Waals surface area contributed by atoms with Gasteiger partial charge < -0.3 is 9.29 Å². The van der Waals surface area contributed by atoms with Crippen LogP contribution in [0.5, 0.6) is 11.5 Å². The molecule has 0 aliphatic heterocycles. The Morgan fingerprint density at radius 2 is 0.957 bits per heavy atom. The zero-order chi connectivity index (χ0) is 33.4. The van der Waals surface area contributed by atoms with Gasteiger partial charge in [0.2, 0.25) is 0 Å². The molecule has 6 aromatic rings. The third-order valence-corrected chi connectivity index (χ3v) is 8.92. The number of halogens is 9. The summed E-state index contributed by atoms with van der Waals surface area (Å²) in [6.45, 7) is 0. The number of benzene rings is 6. The SMILES string of the molecule is O=S(=O)(Oc1ccc2ccc3ccccc3c2c1-c1c(O)ccc2ccc3ccccc3c12)C(F)(F)C(F)(F)C(F)(F)C(F)(F)F. The highest BCUT2D eigenvalue weighted by Crippen LogP contribution is 2.56. The molecule has 0 saturated heterocycles. The summed E-state index contributed by atoms with van der Waals surface area (Å²) in [5, 5.41) is 7.17. The third-order valence-electron chi connectivity index (χ3n) is 7.64. The molecule has 0 spiro atoms. The van der Waals surface area contributed by atoms with Crippen molar-refractivity contribution in [3.05, 3.63) is 97.1 Å². The zero-order valence-electron chi connectivity index (χ0n) is 22.7. The van der Waals surface area contributed by atoms with Crippen molar-refractivity contribution in [1.82, 2.24) is 0 Å². The molecule has 0 saturated carbocycles. The summed E-state index contributed by atoms with van der Waals surface area (Å²) >= 11 is 0. The average Bonchev–Trinajstić information content (AvgIpc) is 3.00. The number of fused-ring (bicyclic) bond motifs is 6. The molecule has 4 nitrogen and oxygen atoms in total. The first-order valence-electron chi connectivity index (χ1n) is 13.1. The molecule has 0 aromatic heterocycles. The van der Waals surface area contributed by atoms with Crippen molar-refractivity contribution in [1.29, 1.82) is 0 Å². The molecule has 0 fully saturated rings. The highest BCUT2D eigenvalue weighted by molar-refractivity contribution is 7.88. The topological polar surface area (TPSA) is 63.6 Å². The highest BCUT2D eigenvalue weighted by atomic mass is 32.2. The Hall–Kier alpha value is -4.72. The molecule has 0 bridgehead atoms. The molecule has 0 aliphatic carbocycles. The van der Waals surface area contributed by atoms with Crippen LogP contribution < -0.4 is 4.18 Å². The second-order valence-electron chi connectivity index (χ2n) is 10.4. The lowest BCUT2D eigenvalue weighted by molar-refractivity contribution is -0.382. The van der Waals surface area contributed by atoms with Gasteiger partial charge in [-0.1, -0.05) is 84.9 Å². The van der Waals surface area contributed by atoms with Crippen LogP contribution in [0.2, 0.25) is 0 Å². The monoisotopic (exact) mass is 668 g/mol. The predicted molar refractivity (Wildman–Crippen MR) is 154 cm³/mol. The molecule has 0 unspecified atom stereocenters. The molecule has 0 amide bonds. The van der Waals surface area contributed by atoms with Gasteiger partial charge >= 0.3 is 33.4 Å². The number of hydrogen-bond donors (Lipinski definition) is 1. The van der Waals surface area contributed by atoms with Crippen molar-refractivity contribution in [3.8, 4) is 22.6 Å². The smallest absolute Gasteiger partial charge is 0.460 e. The maximum absolute atomic E-state index is 14.8. The van der Waals surface area contributed by atoms with Crippen LogP contribution in [-0.2, 0) is 10.1 Å². The van der Waals surface area contributed by atoms with Gasteiger partial charge in [-0.2, -0.15) is 47.9 Å². The van der Waals surface area contributed by atoms with E-state index in [1.165, 1.54) is 12.1 Å². The van der Waals surface area contributed by atoms with E-state index in [4.69, 9.17) is 0 Å². The summed E-state index contributed by atoms with van der Waals surface area (Å²) in [7, 11) is -7.32. The number of hydrogen-bond acceptors (Lipinski definition) is 4. The van der Waals surface area contributed by atoms with E-state index < -0.39 is 50.5 Å². The third kappa shape index (κ3) is 4.41. The van der Waals surface area contributed by atoms with Gasteiger partial charge in [-0.05, 0) is 44.5 Å². The van der Waals surface area contributed by atoms with E-state index in [9.17, 15) is 53.0 Å². The summed E-state index contributed by atoms with van der Waals surface area (Å²) in [6, 6.07) is 24.2. The maximum atomic E-state index is 14.8. The van der Waals surface area contributed by atoms with Gasteiger partial charge in [0.25, 0.3) is 0 Å². The van der Waals surface area contributed by atoms with Crippen molar-refractivity contribution in [2.24, 2.45) is 0 Å². The Balaban J connectivity index is 1.71. The largest absolute Gasteiger partial charge is 0.507 e. The summed E-state index contributed by atoms with van der Waals surface area (Å²) in [5.74, 6) is -16.7. The molecule has 0 aliphatic rings. The van der Waals surface area contributed by atoms with E-state index in [2.05, 4.69) is 4.18 Å². The summed E-state index contributed by atoms with van der Waals surface area (Å²) < 4.78 is 154.